The van der Waals surface area contributed by atoms with Gasteiger partial charge in [0.1, 0.15) is 11.6 Å². The van der Waals surface area contributed by atoms with Crippen LogP contribution in [0.15, 0.2) is 12.1 Å². The van der Waals surface area contributed by atoms with Crippen LogP contribution in [0.1, 0.15) is 18.4 Å². The molecule has 1 atom stereocenters. The number of benzene rings is 1. The van der Waals surface area contributed by atoms with Crippen LogP contribution in [-0.2, 0) is 6.42 Å². The first-order valence-corrected chi connectivity index (χ1v) is 5.93. The normalized spacial score (nSPS) is 21.0. The lowest BCUT2D eigenvalue weighted by atomic mass is 9.92. The fraction of sp³-hybridized carbons (Fsp3) is 0.500. The largest absolute Gasteiger partial charge is 0.506 e. The van der Waals surface area contributed by atoms with E-state index in [1.54, 1.807) is 0 Å². The summed E-state index contributed by atoms with van der Waals surface area (Å²) < 4.78 is 13.5. The fourth-order valence-corrected chi connectivity index (χ4v) is 2.34. The zero-order chi connectivity index (χ0) is 11.5. The third-order valence-corrected chi connectivity index (χ3v) is 3.37. The number of phenols is 1. The van der Waals surface area contributed by atoms with E-state index in [2.05, 4.69) is 5.32 Å². The maximum Gasteiger partial charge on any atom is 0.140 e. The molecular formula is C12H15ClFNO. The van der Waals surface area contributed by atoms with Crippen molar-refractivity contribution >= 4 is 11.6 Å². The molecule has 0 amide bonds. The molecule has 1 fully saturated rings. The molecule has 2 nitrogen and oxygen atoms in total. The molecule has 0 spiro atoms. The minimum absolute atomic E-state index is 0.104. The van der Waals surface area contributed by atoms with Crippen molar-refractivity contribution in [3.8, 4) is 5.75 Å². The van der Waals surface area contributed by atoms with Gasteiger partial charge >= 0.3 is 0 Å². The Morgan fingerprint density at radius 2 is 2.31 bits per heavy atom. The number of rotatable bonds is 2. The third-order valence-electron chi connectivity index (χ3n) is 3.07. The lowest BCUT2D eigenvalue weighted by Crippen LogP contribution is -2.31. The minimum atomic E-state index is -0.368. The summed E-state index contributed by atoms with van der Waals surface area (Å²) >= 11 is 5.77. The van der Waals surface area contributed by atoms with Crippen LogP contribution < -0.4 is 5.32 Å². The molecule has 1 saturated heterocycles. The van der Waals surface area contributed by atoms with Crippen molar-refractivity contribution in [3.05, 3.63) is 28.5 Å². The van der Waals surface area contributed by atoms with Crippen molar-refractivity contribution in [2.24, 2.45) is 5.92 Å². The molecule has 4 heteroatoms. The Hall–Kier alpha value is -0.800. The van der Waals surface area contributed by atoms with Crippen molar-refractivity contribution in [2.75, 3.05) is 13.1 Å². The van der Waals surface area contributed by atoms with E-state index in [0.29, 0.717) is 17.9 Å². The van der Waals surface area contributed by atoms with Gasteiger partial charge in [-0.3, -0.25) is 0 Å². The van der Waals surface area contributed by atoms with E-state index in [0.717, 1.165) is 25.9 Å². The molecule has 0 bridgehead atoms. The number of piperidine rings is 1. The molecule has 2 N–H and O–H groups in total. The van der Waals surface area contributed by atoms with Crippen LogP contribution in [0.3, 0.4) is 0 Å². The van der Waals surface area contributed by atoms with E-state index in [4.69, 9.17) is 11.6 Å². The zero-order valence-electron chi connectivity index (χ0n) is 8.97. The van der Waals surface area contributed by atoms with Gasteiger partial charge < -0.3 is 10.4 Å². The molecule has 0 aromatic heterocycles. The first-order chi connectivity index (χ1) is 7.68. The molecule has 16 heavy (non-hydrogen) atoms. The molecule has 0 saturated carbocycles. The van der Waals surface area contributed by atoms with Crippen LogP contribution in [0.4, 0.5) is 4.39 Å². The van der Waals surface area contributed by atoms with Crippen molar-refractivity contribution in [3.63, 3.8) is 0 Å². The number of hydrogen-bond donors (Lipinski definition) is 2. The standard InChI is InChI=1S/C12H15ClFNO/c13-10-3-4-11(14)9(12(10)16)6-8-2-1-5-15-7-8/h3-4,8,15-16H,1-2,5-7H2. The summed E-state index contributed by atoms with van der Waals surface area (Å²) in [6.45, 7) is 1.91. The van der Waals surface area contributed by atoms with Gasteiger partial charge in [-0.2, -0.15) is 0 Å². The van der Waals surface area contributed by atoms with Crippen LogP contribution in [0.2, 0.25) is 5.02 Å². The molecule has 88 valence electrons. The van der Waals surface area contributed by atoms with Crippen molar-refractivity contribution in [1.29, 1.82) is 0 Å². The molecule has 1 aliphatic rings. The van der Waals surface area contributed by atoms with Crippen molar-refractivity contribution < 1.29 is 9.50 Å². The molecule has 1 aromatic carbocycles. The Kier molecular flexibility index (Phi) is 3.66. The molecule has 1 aliphatic heterocycles. The smallest absolute Gasteiger partial charge is 0.140 e. The lowest BCUT2D eigenvalue weighted by Gasteiger charge is -2.23. The van der Waals surface area contributed by atoms with Gasteiger partial charge in [0.2, 0.25) is 0 Å². The Morgan fingerprint density at radius 1 is 1.50 bits per heavy atom. The molecule has 1 heterocycles. The second kappa shape index (κ2) is 5.02. The number of aromatic hydroxyl groups is 1. The van der Waals surface area contributed by atoms with Crippen molar-refractivity contribution in [2.45, 2.75) is 19.3 Å². The second-order valence-electron chi connectivity index (χ2n) is 4.27. The molecule has 0 radical (unpaired) electrons. The van der Waals surface area contributed by atoms with Crippen molar-refractivity contribution in [1.82, 2.24) is 5.32 Å². The summed E-state index contributed by atoms with van der Waals surface area (Å²) in [5.41, 5.74) is 0.348. The maximum atomic E-state index is 13.5. The topological polar surface area (TPSA) is 32.3 Å². The Labute approximate surface area is 99.4 Å². The highest BCUT2D eigenvalue weighted by Gasteiger charge is 2.19. The predicted molar refractivity (Wildman–Crippen MR) is 62.4 cm³/mol. The summed E-state index contributed by atoms with van der Waals surface area (Å²) in [5, 5.41) is 13.2. The monoisotopic (exact) mass is 243 g/mol. The van der Waals surface area contributed by atoms with Gasteiger partial charge in [0.05, 0.1) is 5.02 Å². The highest BCUT2D eigenvalue weighted by atomic mass is 35.5. The summed E-state index contributed by atoms with van der Waals surface area (Å²) in [6.07, 6.45) is 2.72. The van der Waals surface area contributed by atoms with Crippen LogP contribution in [0.25, 0.3) is 0 Å². The summed E-state index contributed by atoms with van der Waals surface area (Å²) in [4.78, 5) is 0. The van der Waals surface area contributed by atoms with E-state index in [9.17, 15) is 9.50 Å². The van der Waals surface area contributed by atoms with Crippen LogP contribution in [-0.4, -0.2) is 18.2 Å². The van der Waals surface area contributed by atoms with E-state index >= 15 is 0 Å². The van der Waals surface area contributed by atoms with E-state index in [-0.39, 0.29) is 16.6 Å². The maximum absolute atomic E-state index is 13.5. The molecule has 0 aliphatic carbocycles. The van der Waals surface area contributed by atoms with Gasteiger partial charge in [-0.05, 0) is 50.4 Å². The second-order valence-corrected chi connectivity index (χ2v) is 4.68. The summed E-state index contributed by atoms with van der Waals surface area (Å²) in [6, 6.07) is 2.70. The average Bonchev–Trinajstić information content (AvgIpc) is 2.31. The third kappa shape index (κ3) is 2.47. The summed E-state index contributed by atoms with van der Waals surface area (Å²) in [7, 11) is 0. The SMILES string of the molecule is Oc1c(Cl)ccc(F)c1CC1CCCNC1. The van der Waals surface area contributed by atoms with E-state index < -0.39 is 0 Å². The van der Waals surface area contributed by atoms with Gasteiger partial charge in [-0.15, -0.1) is 0 Å². The Morgan fingerprint density at radius 3 is 3.00 bits per heavy atom. The quantitative estimate of drug-likeness (QED) is 0.837. The van der Waals surface area contributed by atoms with E-state index in [1.807, 2.05) is 0 Å². The number of nitrogens with one attached hydrogen (secondary N) is 1. The number of halogens is 2. The van der Waals surface area contributed by atoms with Gasteiger partial charge in [0, 0.05) is 5.56 Å². The van der Waals surface area contributed by atoms with Gasteiger partial charge in [-0.1, -0.05) is 11.6 Å². The molecule has 2 rings (SSSR count). The number of phenolic OH excluding ortho intramolecular Hbond substituents is 1. The Bertz CT molecular complexity index is 378. The zero-order valence-corrected chi connectivity index (χ0v) is 9.73. The molecule has 1 aromatic rings. The minimum Gasteiger partial charge on any atom is -0.506 e. The van der Waals surface area contributed by atoms with Gasteiger partial charge in [0.25, 0.3) is 0 Å². The van der Waals surface area contributed by atoms with Crippen LogP contribution in [0, 0.1) is 11.7 Å². The molecular weight excluding hydrogens is 229 g/mol. The van der Waals surface area contributed by atoms with Gasteiger partial charge in [0.15, 0.2) is 0 Å². The Balaban J connectivity index is 2.16. The summed E-state index contributed by atoms with van der Waals surface area (Å²) in [5.74, 6) is -0.0904. The van der Waals surface area contributed by atoms with Gasteiger partial charge in [-0.25, -0.2) is 4.39 Å². The highest BCUT2D eigenvalue weighted by molar-refractivity contribution is 6.32. The fourth-order valence-electron chi connectivity index (χ4n) is 2.16. The molecule has 1 unspecified atom stereocenters. The van der Waals surface area contributed by atoms with Crippen LogP contribution in [0.5, 0.6) is 5.75 Å². The lowest BCUT2D eigenvalue weighted by molar-refractivity contribution is 0.364. The average molecular weight is 244 g/mol. The van der Waals surface area contributed by atoms with Crippen LogP contribution >= 0.6 is 11.6 Å². The number of hydrogen-bond acceptors (Lipinski definition) is 2. The first kappa shape index (κ1) is 11.7. The van der Waals surface area contributed by atoms with E-state index in [1.165, 1.54) is 12.1 Å². The predicted octanol–water partition coefficient (Wildman–Crippen LogP) is 2.73. The first-order valence-electron chi connectivity index (χ1n) is 5.55. The highest BCUT2D eigenvalue weighted by Crippen LogP contribution is 2.32.